The maximum absolute atomic E-state index is 15.8. The van der Waals surface area contributed by atoms with Gasteiger partial charge in [0.2, 0.25) is 88.6 Å². The third kappa shape index (κ3) is 29.8. The lowest BCUT2D eigenvalue weighted by molar-refractivity contribution is -0.149. The second-order valence-corrected chi connectivity index (χ2v) is 35.5. The van der Waals surface area contributed by atoms with Crippen molar-refractivity contribution in [3.8, 4) is 5.75 Å². The average molecular weight is 1930 g/mol. The highest BCUT2D eigenvalue weighted by atomic mass is 32.2. The summed E-state index contributed by atoms with van der Waals surface area (Å²) in [4.78, 5) is 294. The molecule has 742 valence electrons. The Hall–Kier alpha value is -13.9. The number of fused-ring (bicyclic) bond motifs is 4. The van der Waals surface area contributed by atoms with E-state index in [9.17, 15) is 73.2 Å². The maximum atomic E-state index is 15.8. The fraction of sp³-hybridized carbons (Fsp3) is 0.522. The van der Waals surface area contributed by atoms with Gasteiger partial charge in [-0.15, -0.1) is 11.8 Å². The summed E-state index contributed by atoms with van der Waals surface area (Å²) in [7, 11) is 5.24. The van der Waals surface area contributed by atoms with Crippen molar-refractivity contribution in [2.45, 2.75) is 240 Å². The van der Waals surface area contributed by atoms with Crippen LogP contribution in [0.15, 0.2) is 97.7 Å². The van der Waals surface area contributed by atoms with Gasteiger partial charge in [0, 0.05) is 131 Å². The molecule has 3 aromatic heterocycles. The number of nitrogens with one attached hydrogen (secondary N) is 13. The van der Waals surface area contributed by atoms with Crippen LogP contribution in [0.1, 0.15) is 146 Å². The number of Topliss-reactive ketones (excluding diaryl/α,β-unsaturated/α-hetero) is 1. The largest absolute Gasteiger partial charge is 0.497 e. The fourth-order valence-electron chi connectivity index (χ4n) is 16.7. The number of aliphatic hydroxyl groups is 1. The molecule has 15 amide bonds. The van der Waals surface area contributed by atoms with Crippen molar-refractivity contribution in [2.24, 2.45) is 5.73 Å². The van der Waals surface area contributed by atoms with E-state index >= 15 is 38.4 Å². The lowest BCUT2D eigenvalue weighted by atomic mass is 9.99. The summed E-state index contributed by atoms with van der Waals surface area (Å²) in [5, 5.41) is 69.2. The molecule has 19 N–H and O–H groups in total. The third-order valence-corrected chi connectivity index (χ3v) is 25.5. The monoisotopic (exact) mass is 1920 g/mol. The van der Waals surface area contributed by atoms with Crippen LogP contribution >= 0.6 is 11.8 Å². The molecule has 3 aliphatic heterocycles. The van der Waals surface area contributed by atoms with Gasteiger partial charge in [0.25, 0.3) is 0 Å². The molecule has 0 saturated carbocycles. The van der Waals surface area contributed by atoms with E-state index in [2.05, 4.69) is 73.1 Å². The first-order valence-electron chi connectivity index (χ1n) is 45.6. The van der Waals surface area contributed by atoms with E-state index in [0.29, 0.717) is 57.1 Å². The highest BCUT2D eigenvalue weighted by molar-refractivity contribution is 8.00. The molecule has 0 bridgehead atoms. The van der Waals surface area contributed by atoms with Crippen LogP contribution in [0.3, 0.4) is 0 Å². The summed E-state index contributed by atoms with van der Waals surface area (Å²) < 4.78 is 5.34. The molecule has 2 unspecified atom stereocenters. The minimum Gasteiger partial charge on any atom is -0.497 e. The molecule has 0 aliphatic carbocycles. The number of rotatable bonds is 28. The Balaban J connectivity index is 1.11. The summed E-state index contributed by atoms with van der Waals surface area (Å²) in [6.45, 7) is 4.65. The minimum absolute atomic E-state index is 0.00306. The number of H-pyrrole nitrogens is 3. The topological polar surface area (TPSA) is 637 Å². The van der Waals surface area contributed by atoms with Crippen LogP contribution in [0.2, 0.25) is 0 Å². The number of aromatic nitrogens is 4. The molecule has 6 aromatic rings. The first kappa shape index (κ1) is 107. The normalized spacial score (nSPS) is 24.5. The van der Waals surface area contributed by atoms with Crippen molar-refractivity contribution in [2.75, 3.05) is 65.9 Å². The number of para-hydroxylation sites is 2. The lowest BCUT2D eigenvalue weighted by Gasteiger charge is -2.36. The van der Waals surface area contributed by atoms with Gasteiger partial charge in [0.1, 0.15) is 96.1 Å². The lowest BCUT2D eigenvalue weighted by Crippen LogP contribution is -2.61. The zero-order valence-electron chi connectivity index (χ0n) is 77.7. The van der Waals surface area contributed by atoms with Crippen molar-refractivity contribution in [1.29, 1.82) is 0 Å². The second-order valence-electron chi connectivity index (χ2n) is 34.5. The summed E-state index contributed by atoms with van der Waals surface area (Å²) in [6.07, 6.45) is -0.534. The van der Waals surface area contributed by atoms with Gasteiger partial charge in [-0.05, 0) is 106 Å². The van der Waals surface area contributed by atoms with Crippen molar-refractivity contribution in [3.05, 3.63) is 120 Å². The Kier molecular flexibility index (Phi) is 39.9. The van der Waals surface area contributed by atoms with E-state index in [1.807, 2.05) is 0 Å². The standard InChI is InChI=1S/C92H124N20O24S/c1-9-11-22-71-85(128)100-62(29-31-76(116)117)81(124)107-70(80(123)97-42-50(3)113)47-137-48-75(115)99-68(36-52-25-27-57(136-8)28-26-52)88(131)108(5)51(4)79(122)101-64(33-34-93)90(133)111-35-17-24-72(111)86(129)105-66(39-55-45-94-49-98-55)83(126)102-63(30-32-77(118)119)91(134)112-46-56(114)40-74(112)87(130)104-65(37-53-43-95-60-20-15-13-18-58(53)60)82(125)103-67(41-78(120)121)84(127)106-69(38-54-44-96-61-21-16-14-19-59(54)61)89(132)110(7)73(23-12-10-2)92(135)109(71)6/h13-16,18-21,25-28,43-45,49,51,56,62-74,95-96,114H,9-12,17,22-24,29-42,46-48,93H2,1-8H3,(H,94,98)(H,97,123)(H,99,115)(H,100,128)(H,101,122)(H,102,126)(H,103,125)(H,104,130)(H,105,129)(H,106,127)(H,107,124)(H,116,117)(H,118,119)(H,120,121)/t51-,56+,62-,63-,64-,65-,66?,67?,68-,69-,70-,71-,72-,73-,74-/m0/s1. The number of ketones is 1. The van der Waals surface area contributed by atoms with E-state index < -0.39 is 273 Å². The number of hydrogen-bond donors (Lipinski definition) is 18. The number of carbonyl (C=O) groups excluding carboxylic acids is 16. The van der Waals surface area contributed by atoms with Crippen LogP contribution in [-0.2, 0) is 117 Å². The zero-order chi connectivity index (χ0) is 100. The second kappa shape index (κ2) is 51.2. The molecule has 3 saturated heterocycles. The highest BCUT2D eigenvalue weighted by Crippen LogP contribution is 2.28. The van der Waals surface area contributed by atoms with Gasteiger partial charge in [-0.2, -0.15) is 0 Å². The van der Waals surface area contributed by atoms with Crippen LogP contribution < -0.4 is 63.6 Å². The van der Waals surface area contributed by atoms with Crippen LogP contribution in [0.25, 0.3) is 21.8 Å². The molecule has 6 heterocycles. The van der Waals surface area contributed by atoms with E-state index in [1.54, 1.807) is 92.8 Å². The highest BCUT2D eigenvalue weighted by Gasteiger charge is 2.47. The van der Waals surface area contributed by atoms with Gasteiger partial charge in [0.05, 0.1) is 38.3 Å². The number of aromatic amines is 3. The molecule has 45 heteroatoms. The molecular formula is C92H124N20O24S. The number of aliphatic hydroxyl groups excluding tert-OH is 1. The van der Waals surface area contributed by atoms with Crippen LogP contribution in [-0.4, -0.2) is 334 Å². The minimum atomic E-state index is -2.10. The summed E-state index contributed by atoms with van der Waals surface area (Å²) in [5.41, 5.74) is 8.77. The van der Waals surface area contributed by atoms with Crippen molar-refractivity contribution in [3.63, 3.8) is 0 Å². The molecule has 3 aromatic carbocycles. The Morgan fingerprint density at radius 3 is 1.62 bits per heavy atom. The molecule has 3 aliphatic rings. The molecule has 15 atom stereocenters. The molecule has 9 rings (SSSR count). The van der Waals surface area contributed by atoms with Crippen molar-refractivity contribution in [1.82, 2.24) is 97.6 Å². The van der Waals surface area contributed by atoms with E-state index in [4.69, 9.17) is 10.5 Å². The van der Waals surface area contributed by atoms with Gasteiger partial charge in [-0.1, -0.05) is 88.1 Å². The Bertz CT molecular complexity index is 5320. The number of nitrogens with two attached hydrogens (primary N) is 1. The van der Waals surface area contributed by atoms with Crippen molar-refractivity contribution < 1.29 is 116 Å². The predicted octanol–water partition coefficient (Wildman–Crippen LogP) is -1.15. The molecule has 0 spiro atoms. The van der Waals surface area contributed by atoms with Gasteiger partial charge in [-0.25, -0.2) is 4.98 Å². The number of nitrogens with zero attached hydrogens (tertiary/aromatic N) is 6. The third-order valence-electron chi connectivity index (χ3n) is 24.5. The number of hydrogen-bond acceptors (Lipinski definition) is 24. The molecular weight excluding hydrogens is 1800 g/mol. The number of carbonyl (C=O) groups is 19. The number of carboxylic acid groups (broad SMARTS) is 3. The van der Waals surface area contributed by atoms with E-state index in [-0.39, 0.29) is 83.0 Å². The first-order chi connectivity index (χ1) is 65.3. The number of unbranched alkanes of at least 4 members (excludes halogenated alkanes) is 2. The number of methoxy groups -OCH3 is 1. The molecule has 3 fully saturated rings. The molecule has 0 radical (unpaired) electrons. The predicted molar refractivity (Wildman–Crippen MR) is 496 cm³/mol. The van der Waals surface area contributed by atoms with Gasteiger partial charge < -0.3 is 124 Å². The Morgan fingerprint density at radius 1 is 0.526 bits per heavy atom. The Labute approximate surface area is 793 Å². The van der Waals surface area contributed by atoms with Crippen LogP contribution in [0.5, 0.6) is 5.75 Å². The summed E-state index contributed by atoms with van der Waals surface area (Å²) in [6, 6.07) is -2.89. The fourth-order valence-corrected chi connectivity index (χ4v) is 17.6. The number of aliphatic carboxylic acids is 3. The van der Waals surface area contributed by atoms with Gasteiger partial charge in [-0.3, -0.25) is 91.1 Å². The Morgan fingerprint density at radius 2 is 1.04 bits per heavy atom. The van der Waals surface area contributed by atoms with E-state index in [0.717, 1.165) is 31.4 Å². The number of benzene rings is 3. The number of carboxylic acids is 3. The zero-order valence-corrected chi connectivity index (χ0v) is 78.5. The summed E-state index contributed by atoms with van der Waals surface area (Å²) >= 11 is 0.759. The first-order valence-corrected chi connectivity index (χ1v) is 46.7. The number of ether oxygens (including phenoxy) is 1. The average Bonchev–Trinajstić information content (AvgIpc) is 1.76. The SMILES string of the molecule is CCCC[C@H]1C(=O)N(C)[C@@H](CCCC)C(=O)N[C@@H](CCC(=O)O)C(=O)N[C@H](C(=O)NCC(C)=O)CSCC(=O)N[C@@H](Cc2ccc(OC)cc2)C(=O)N(C)[C@@H](C)C(=O)N[C@@H](CCN)C(=O)N2CCC[C@H]2C(=O)NC(Cc2cnc[nH]2)C(=O)N[C@@H](CCC(=O)O)C(=O)N2C[C@H](O)C[C@H]2C(=O)N[C@@H](Cc2c[nH]c3ccccc23)C(=O)NC(CC(=O)O)C(=O)N[C@@H](Cc2c[nH]c3ccccc23)C(=O)N1C. The summed E-state index contributed by atoms with van der Waals surface area (Å²) in [5.74, 6) is -20.6. The van der Waals surface area contributed by atoms with Crippen LogP contribution in [0.4, 0.5) is 0 Å². The number of thioether (sulfide) groups is 1. The maximum Gasteiger partial charge on any atom is 0.305 e. The number of imidazole rings is 1. The molecule has 137 heavy (non-hydrogen) atoms. The van der Waals surface area contributed by atoms with Gasteiger partial charge >= 0.3 is 17.9 Å². The van der Waals surface area contributed by atoms with Gasteiger partial charge in [0.15, 0.2) is 0 Å². The van der Waals surface area contributed by atoms with Crippen LogP contribution in [0, 0.1) is 0 Å². The molecule has 44 nitrogen and oxygen atoms in total. The number of likely N-dealkylation sites (N-methyl/N-ethyl adjacent to an activating group) is 3. The quantitative estimate of drug-likeness (QED) is 0.0276. The smallest absolute Gasteiger partial charge is 0.305 e. The van der Waals surface area contributed by atoms with Crippen molar-refractivity contribution >= 4 is 146 Å². The number of amides is 15. The van der Waals surface area contributed by atoms with E-state index in [1.165, 1.54) is 65.7 Å².